The van der Waals surface area contributed by atoms with Gasteiger partial charge in [0.05, 0.1) is 19.1 Å². The van der Waals surface area contributed by atoms with Crippen molar-refractivity contribution >= 4 is 23.4 Å². The van der Waals surface area contributed by atoms with Crippen LogP contribution in [0.25, 0.3) is 0 Å². The molecular formula is C15H19ClN2O3. The van der Waals surface area contributed by atoms with Crippen LogP contribution >= 0.6 is 11.6 Å². The van der Waals surface area contributed by atoms with E-state index >= 15 is 0 Å². The molecule has 1 fully saturated rings. The summed E-state index contributed by atoms with van der Waals surface area (Å²) in [6, 6.07) is 6.68. The van der Waals surface area contributed by atoms with Gasteiger partial charge in [0.15, 0.2) is 0 Å². The number of rotatable bonds is 5. The summed E-state index contributed by atoms with van der Waals surface area (Å²) in [6.07, 6.45) is 1.07. The molecule has 0 radical (unpaired) electrons. The monoisotopic (exact) mass is 310 g/mol. The maximum absolute atomic E-state index is 11.8. The number of hydrogen-bond acceptors (Lipinski definition) is 3. The Hall–Kier alpha value is -1.59. The molecule has 0 aliphatic carbocycles. The average molecular weight is 311 g/mol. The number of nitrogens with one attached hydrogen (secondary N) is 1. The number of carbonyl (C=O) groups is 2. The van der Waals surface area contributed by atoms with Crippen LogP contribution in [0.15, 0.2) is 24.3 Å². The van der Waals surface area contributed by atoms with Crippen molar-refractivity contribution in [3.8, 4) is 0 Å². The maximum Gasteiger partial charge on any atom is 0.241 e. The Bertz CT molecular complexity index is 498. The van der Waals surface area contributed by atoms with E-state index in [9.17, 15) is 14.7 Å². The van der Waals surface area contributed by atoms with Gasteiger partial charge in [0.25, 0.3) is 0 Å². The summed E-state index contributed by atoms with van der Waals surface area (Å²) in [5, 5.41) is 13.1. The number of aliphatic hydroxyl groups excluding tert-OH is 1. The summed E-state index contributed by atoms with van der Waals surface area (Å²) in [7, 11) is 0. The van der Waals surface area contributed by atoms with Gasteiger partial charge in [-0.3, -0.25) is 9.59 Å². The number of likely N-dealkylation sites (tertiary alicyclic amines) is 1. The summed E-state index contributed by atoms with van der Waals surface area (Å²) < 4.78 is 0. The molecule has 0 spiro atoms. The molecule has 0 saturated carbocycles. The molecule has 1 aliphatic rings. The van der Waals surface area contributed by atoms with E-state index in [4.69, 9.17) is 11.6 Å². The van der Waals surface area contributed by atoms with Crippen molar-refractivity contribution in [3.05, 3.63) is 34.9 Å². The summed E-state index contributed by atoms with van der Waals surface area (Å²) in [5.74, 6) is -0.410. The van der Waals surface area contributed by atoms with E-state index in [1.54, 1.807) is 29.2 Å². The first-order valence-corrected chi connectivity index (χ1v) is 7.42. The molecule has 1 atom stereocenters. The fraction of sp³-hybridized carbons (Fsp3) is 0.467. The largest absolute Gasteiger partial charge is 0.388 e. The number of carbonyl (C=O) groups excluding carboxylic acids is 2. The van der Waals surface area contributed by atoms with Crippen molar-refractivity contribution in [1.29, 1.82) is 0 Å². The highest BCUT2D eigenvalue weighted by Crippen LogP contribution is 2.18. The molecule has 1 saturated heterocycles. The Morgan fingerprint density at radius 3 is 2.48 bits per heavy atom. The predicted molar refractivity (Wildman–Crippen MR) is 79.9 cm³/mol. The van der Waals surface area contributed by atoms with Gasteiger partial charge in [-0.05, 0) is 30.5 Å². The minimum absolute atomic E-state index is 0.00777. The van der Waals surface area contributed by atoms with E-state index in [-0.39, 0.29) is 24.8 Å². The van der Waals surface area contributed by atoms with Gasteiger partial charge in [-0.25, -0.2) is 0 Å². The molecule has 0 unspecified atom stereocenters. The second kappa shape index (κ2) is 7.43. The van der Waals surface area contributed by atoms with Gasteiger partial charge < -0.3 is 15.3 Å². The highest BCUT2D eigenvalue weighted by molar-refractivity contribution is 6.30. The lowest BCUT2D eigenvalue weighted by atomic mass is 10.1. The van der Waals surface area contributed by atoms with Gasteiger partial charge in [0.2, 0.25) is 11.8 Å². The van der Waals surface area contributed by atoms with E-state index in [0.717, 1.165) is 25.9 Å². The molecule has 1 aromatic rings. The number of halogens is 1. The molecular weight excluding hydrogens is 292 g/mol. The third kappa shape index (κ3) is 4.72. The molecule has 2 N–H and O–H groups in total. The lowest BCUT2D eigenvalue weighted by Crippen LogP contribution is -2.39. The van der Waals surface area contributed by atoms with Crippen molar-refractivity contribution in [1.82, 2.24) is 10.2 Å². The SMILES string of the molecule is O=C(C[C@@H](O)c1ccc(Cl)cc1)NCC(=O)N1CCCC1. The van der Waals surface area contributed by atoms with Crippen LogP contribution in [0.2, 0.25) is 5.02 Å². The fourth-order valence-corrected chi connectivity index (χ4v) is 2.43. The average Bonchev–Trinajstić information content (AvgIpc) is 2.99. The Balaban J connectivity index is 1.75. The van der Waals surface area contributed by atoms with Gasteiger partial charge in [-0.2, -0.15) is 0 Å². The first-order valence-electron chi connectivity index (χ1n) is 7.04. The Kier molecular flexibility index (Phi) is 5.59. The van der Waals surface area contributed by atoms with Crippen LogP contribution in [0.5, 0.6) is 0 Å². The van der Waals surface area contributed by atoms with Gasteiger partial charge >= 0.3 is 0 Å². The zero-order chi connectivity index (χ0) is 15.2. The summed E-state index contributed by atoms with van der Waals surface area (Å²) in [5.41, 5.74) is 0.625. The lowest BCUT2D eigenvalue weighted by Gasteiger charge is -2.16. The molecule has 21 heavy (non-hydrogen) atoms. The van der Waals surface area contributed by atoms with Crippen LogP contribution in [0.3, 0.4) is 0 Å². The van der Waals surface area contributed by atoms with Crippen LogP contribution in [0, 0.1) is 0 Å². The normalized spacial score (nSPS) is 15.8. The third-order valence-electron chi connectivity index (χ3n) is 3.53. The molecule has 5 nitrogen and oxygen atoms in total. The number of hydrogen-bond donors (Lipinski definition) is 2. The van der Waals surface area contributed by atoms with Gasteiger partial charge in [0, 0.05) is 18.1 Å². The van der Waals surface area contributed by atoms with Crippen molar-refractivity contribution in [2.24, 2.45) is 0 Å². The van der Waals surface area contributed by atoms with E-state index in [0.29, 0.717) is 10.6 Å². The number of aliphatic hydroxyl groups is 1. The van der Waals surface area contributed by atoms with E-state index in [1.165, 1.54) is 0 Å². The molecule has 1 aromatic carbocycles. The van der Waals surface area contributed by atoms with Crippen molar-refractivity contribution in [3.63, 3.8) is 0 Å². The van der Waals surface area contributed by atoms with Crippen molar-refractivity contribution in [2.45, 2.75) is 25.4 Å². The Morgan fingerprint density at radius 2 is 1.86 bits per heavy atom. The van der Waals surface area contributed by atoms with Gasteiger partial charge in [0.1, 0.15) is 0 Å². The highest BCUT2D eigenvalue weighted by Gasteiger charge is 2.19. The minimum Gasteiger partial charge on any atom is -0.388 e. The highest BCUT2D eigenvalue weighted by atomic mass is 35.5. The van der Waals surface area contributed by atoms with Crippen LogP contribution < -0.4 is 5.32 Å². The molecule has 1 aliphatic heterocycles. The standard InChI is InChI=1S/C15H19ClN2O3/c16-12-5-3-11(4-6-12)13(19)9-14(20)17-10-15(21)18-7-1-2-8-18/h3-6,13,19H,1-2,7-10H2,(H,17,20)/t13-/m1/s1. The third-order valence-corrected chi connectivity index (χ3v) is 3.78. The van der Waals surface area contributed by atoms with Crippen LogP contribution in [0.4, 0.5) is 0 Å². The summed E-state index contributed by atoms with van der Waals surface area (Å²) >= 11 is 5.77. The number of amides is 2. The molecule has 0 bridgehead atoms. The van der Waals surface area contributed by atoms with E-state index < -0.39 is 6.10 Å². The first kappa shape index (κ1) is 15.8. The van der Waals surface area contributed by atoms with E-state index in [2.05, 4.69) is 5.32 Å². The quantitative estimate of drug-likeness (QED) is 0.866. The lowest BCUT2D eigenvalue weighted by molar-refractivity contribution is -0.132. The Labute approximate surface area is 128 Å². The van der Waals surface area contributed by atoms with Crippen LogP contribution in [0.1, 0.15) is 30.9 Å². The molecule has 0 aromatic heterocycles. The van der Waals surface area contributed by atoms with Crippen molar-refractivity contribution in [2.75, 3.05) is 19.6 Å². The van der Waals surface area contributed by atoms with Crippen LogP contribution in [-0.4, -0.2) is 41.5 Å². The zero-order valence-electron chi connectivity index (χ0n) is 11.7. The maximum atomic E-state index is 11.8. The fourth-order valence-electron chi connectivity index (χ4n) is 2.30. The zero-order valence-corrected chi connectivity index (χ0v) is 12.5. The van der Waals surface area contributed by atoms with Crippen molar-refractivity contribution < 1.29 is 14.7 Å². The molecule has 2 rings (SSSR count). The topological polar surface area (TPSA) is 69.6 Å². The Morgan fingerprint density at radius 1 is 1.24 bits per heavy atom. The smallest absolute Gasteiger partial charge is 0.241 e. The predicted octanol–water partition coefficient (Wildman–Crippen LogP) is 1.50. The minimum atomic E-state index is -0.899. The van der Waals surface area contributed by atoms with Crippen LogP contribution in [-0.2, 0) is 9.59 Å². The first-order chi connectivity index (χ1) is 10.1. The van der Waals surface area contributed by atoms with Gasteiger partial charge in [-0.1, -0.05) is 23.7 Å². The van der Waals surface area contributed by atoms with Gasteiger partial charge in [-0.15, -0.1) is 0 Å². The molecule has 6 heteroatoms. The second-order valence-corrected chi connectivity index (χ2v) is 5.57. The summed E-state index contributed by atoms with van der Waals surface area (Å²) in [4.78, 5) is 25.3. The molecule has 2 amide bonds. The van der Waals surface area contributed by atoms with E-state index in [1.807, 2.05) is 0 Å². The molecule has 114 valence electrons. The number of nitrogens with zero attached hydrogens (tertiary/aromatic N) is 1. The second-order valence-electron chi connectivity index (χ2n) is 5.14. The summed E-state index contributed by atoms with van der Waals surface area (Å²) in [6.45, 7) is 1.52. The molecule has 1 heterocycles. The number of benzene rings is 1.